The maximum Gasteiger partial charge on any atom is 0.0726 e. The molecule has 3 nitrogen and oxygen atoms in total. The molecule has 15 aromatic rings. The van der Waals surface area contributed by atoms with Gasteiger partial charge in [-0.1, -0.05) is 225 Å². The minimum absolute atomic E-state index is 0.527. The van der Waals surface area contributed by atoms with Crippen LogP contribution in [0.4, 0.5) is 17.1 Å². The third-order valence-corrected chi connectivity index (χ3v) is 18.1. The molecule has 392 valence electrons. The first-order valence-electron chi connectivity index (χ1n) is 29.0. The number of rotatable bonds is 9. The maximum absolute atomic E-state index is 4.20. The van der Waals surface area contributed by atoms with Crippen molar-refractivity contribution in [1.82, 2.24) is 9.13 Å². The van der Waals surface area contributed by atoms with Crippen molar-refractivity contribution in [2.24, 2.45) is 0 Å². The van der Waals surface area contributed by atoms with Crippen molar-refractivity contribution in [2.75, 3.05) is 4.90 Å². The molecule has 0 radical (unpaired) electrons. The van der Waals surface area contributed by atoms with Gasteiger partial charge < -0.3 is 14.0 Å². The Kier molecular flexibility index (Phi) is 10.7. The lowest BCUT2D eigenvalue weighted by Crippen LogP contribution is -2.26. The van der Waals surface area contributed by atoms with Gasteiger partial charge in [-0.2, -0.15) is 0 Å². The molecule has 2 aliphatic carbocycles. The van der Waals surface area contributed by atoms with Crippen LogP contribution in [-0.4, -0.2) is 9.13 Å². The zero-order valence-corrected chi connectivity index (χ0v) is 46.0. The maximum atomic E-state index is 4.20. The van der Waals surface area contributed by atoms with Crippen molar-refractivity contribution in [3.63, 3.8) is 0 Å². The lowest BCUT2D eigenvalue weighted by atomic mass is 9.70. The molecular weight excluding hydrogens is 1010 g/mol. The minimum Gasteiger partial charge on any atom is -0.310 e. The van der Waals surface area contributed by atoms with E-state index >= 15 is 0 Å². The second-order valence-electron chi connectivity index (χ2n) is 22.4. The fourth-order valence-corrected chi connectivity index (χ4v) is 14.4. The number of anilines is 3. The molecule has 13 aromatic carbocycles. The summed E-state index contributed by atoms with van der Waals surface area (Å²) >= 11 is 0. The Hall–Kier alpha value is -11.0. The highest BCUT2D eigenvalue weighted by Gasteiger charge is 2.52. The van der Waals surface area contributed by atoms with Crippen molar-refractivity contribution in [2.45, 2.75) is 5.41 Å². The Morgan fingerprint density at radius 1 is 0.274 bits per heavy atom. The van der Waals surface area contributed by atoms with Crippen LogP contribution < -0.4 is 4.90 Å². The second-order valence-corrected chi connectivity index (χ2v) is 22.4. The topological polar surface area (TPSA) is 13.1 Å². The van der Waals surface area contributed by atoms with Crippen molar-refractivity contribution in [1.29, 1.82) is 0 Å². The first-order chi connectivity index (χ1) is 41.6. The molecule has 2 heterocycles. The number of para-hydroxylation sites is 3. The Balaban J connectivity index is 0.790. The van der Waals surface area contributed by atoms with Gasteiger partial charge in [-0.3, -0.25) is 0 Å². The van der Waals surface area contributed by atoms with Gasteiger partial charge in [0, 0.05) is 50.0 Å². The Morgan fingerprint density at radius 2 is 0.738 bits per heavy atom. The molecule has 1 unspecified atom stereocenters. The smallest absolute Gasteiger partial charge is 0.0726 e. The monoisotopic (exact) mass is 1070 g/mol. The zero-order valence-electron chi connectivity index (χ0n) is 46.0. The van der Waals surface area contributed by atoms with Crippen molar-refractivity contribution in [3.05, 3.63) is 338 Å². The molecule has 3 heteroatoms. The molecule has 0 fully saturated rings. The number of hydrogen-bond donors (Lipinski definition) is 0. The van der Waals surface area contributed by atoms with Crippen LogP contribution in [-0.2, 0) is 5.41 Å². The van der Waals surface area contributed by atoms with E-state index in [-0.39, 0.29) is 0 Å². The van der Waals surface area contributed by atoms with Gasteiger partial charge in [-0.05, 0) is 174 Å². The largest absolute Gasteiger partial charge is 0.310 e. The Bertz CT molecular complexity index is 5130. The lowest BCUT2D eigenvalue weighted by molar-refractivity contribution is 0.793. The first kappa shape index (κ1) is 47.8. The van der Waals surface area contributed by atoms with Crippen molar-refractivity contribution < 1.29 is 0 Å². The van der Waals surface area contributed by atoms with E-state index in [4.69, 9.17) is 0 Å². The van der Waals surface area contributed by atoms with E-state index in [9.17, 15) is 0 Å². The van der Waals surface area contributed by atoms with E-state index in [2.05, 4.69) is 324 Å². The summed E-state index contributed by atoms with van der Waals surface area (Å²) in [5.74, 6) is 0. The zero-order chi connectivity index (χ0) is 55.5. The van der Waals surface area contributed by atoms with E-state index in [1.165, 1.54) is 110 Å². The molecular formula is C81H53N3. The van der Waals surface area contributed by atoms with E-state index in [0.29, 0.717) is 0 Å². The average Bonchev–Trinajstić information content (AvgIpc) is 1.55. The summed E-state index contributed by atoms with van der Waals surface area (Å²) in [6, 6.07) is 112. The van der Waals surface area contributed by atoms with Crippen LogP contribution >= 0.6 is 0 Å². The van der Waals surface area contributed by atoms with Gasteiger partial charge in [0.15, 0.2) is 0 Å². The van der Waals surface area contributed by atoms with Crippen LogP contribution in [0.3, 0.4) is 0 Å². The summed E-state index contributed by atoms with van der Waals surface area (Å²) in [6.07, 6.45) is 1.97. The summed E-state index contributed by atoms with van der Waals surface area (Å²) in [5, 5.41) is 4.90. The van der Waals surface area contributed by atoms with Crippen LogP contribution in [0, 0.1) is 0 Å². The highest BCUT2D eigenvalue weighted by Crippen LogP contribution is 2.63. The number of fused-ring (bicyclic) bond motifs is 16. The Morgan fingerprint density at radius 3 is 1.42 bits per heavy atom. The molecule has 17 rings (SSSR count). The molecule has 0 amide bonds. The van der Waals surface area contributed by atoms with Gasteiger partial charge in [0.05, 0.1) is 27.5 Å². The SMILES string of the molecule is C=Cc1ccccc1-c1ccc2c(c1)C1(c3ccccc3-2)c2ccccc2-c2ccc(-n3c4ccccc4c4cc(-c5ccc(N(c6ccc(-c7ccccc7)cc6)c6ccc7c8ccccc8n(-c8ccccc8)c7c6)cc5)ccc43)cc21. The summed E-state index contributed by atoms with van der Waals surface area (Å²) in [4.78, 5) is 2.39. The predicted octanol–water partition coefficient (Wildman–Crippen LogP) is 21.3. The molecule has 84 heavy (non-hydrogen) atoms. The van der Waals surface area contributed by atoms with Gasteiger partial charge in [-0.15, -0.1) is 0 Å². The van der Waals surface area contributed by atoms with E-state index in [1.54, 1.807) is 0 Å². The molecule has 1 spiro atoms. The van der Waals surface area contributed by atoms with Gasteiger partial charge in [-0.25, -0.2) is 0 Å². The van der Waals surface area contributed by atoms with Crippen LogP contribution in [0.1, 0.15) is 27.8 Å². The van der Waals surface area contributed by atoms with Crippen LogP contribution in [0.2, 0.25) is 0 Å². The molecule has 0 saturated carbocycles. The fourth-order valence-electron chi connectivity index (χ4n) is 14.4. The lowest BCUT2D eigenvalue weighted by Gasteiger charge is -2.31. The highest BCUT2D eigenvalue weighted by molar-refractivity contribution is 6.12. The van der Waals surface area contributed by atoms with Crippen molar-refractivity contribution >= 4 is 66.7 Å². The van der Waals surface area contributed by atoms with Gasteiger partial charge in [0.2, 0.25) is 0 Å². The molecule has 2 aromatic heterocycles. The third-order valence-electron chi connectivity index (χ3n) is 18.1. The van der Waals surface area contributed by atoms with E-state index in [0.717, 1.165) is 45.1 Å². The molecule has 2 aliphatic rings. The Labute approximate surface area is 488 Å². The minimum atomic E-state index is -0.527. The summed E-state index contributed by atoms with van der Waals surface area (Å²) in [7, 11) is 0. The van der Waals surface area contributed by atoms with Crippen LogP contribution in [0.15, 0.2) is 310 Å². The normalized spacial score (nSPS) is 13.8. The number of aromatic nitrogens is 2. The number of nitrogens with zero attached hydrogens (tertiary/aromatic N) is 3. The molecule has 0 saturated heterocycles. The summed E-state index contributed by atoms with van der Waals surface area (Å²) in [5.41, 5.74) is 28.3. The quantitative estimate of drug-likeness (QED) is 0.140. The predicted molar refractivity (Wildman–Crippen MR) is 353 cm³/mol. The van der Waals surface area contributed by atoms with E-state index in [1.807, 2.05) is 6.08 Å². The van der Waals surface area contributed by atoms with Gasteiger partial charge in [0.25, 0.3) is 0 Å². The molecule has 1 atom stereocenters. The van der Waals surface area contributed by atoms with Gasteiger partial charge >= 0.3 is 0 Å². The number of benzene rings is 13. The standard InChI is InChI=1S/C81H53N3/c1-2-53-19-9-10-24-64(53)58-37-45-67-65-25-11-15-29-73(65)81(75(67)50-58)74-30-16-12-26-66(74)68-46-43-62(51-76(68)81)84-78-32-18-14-28-70(78)72-49-57(38-48-79(72)84)56-35-41-61(42-36-56)82(60-39-33-55(34-40-60)54-20-5-3-6-21-54)63-44-47-71-69-27-13-17-31-77(69)83(80(71)52-63)59-22-7-4-8-23-59/h2-52H,1H2. The molecule has 0 bridgehead atoms. The fraction of sp³-hybridized carbons (Fsp3) is 0.0123. The average molecular weight is 1070 g/mol. The van der Waals surface area contributed by atoms with E-state index < -0.39 is 5.41 Å². The molecule has 0 N–H and O–H groups in total. The van der Waals surface area contributed by atoms with Gasteiger partial charge in [0.1, 0.15) is 0 Å². The third kappa shape index (κ3) is 7.06. The van der Waals surface area contributed by atoms with Crippen LogP contribution in [0.25, 0.3) is 117 Å². The number of hydrogen-bond acceptors (Lipinski definition) is 1. The summed E-state index contributed by atoms with van der Waals surface area (Å²) < 4.78 is 4.89. The second kappa shape index (κ2) is 18.8. The van der Waals surface area contributed by atoms with Crippen LogP contribution in [0.5, 0.6) is 0 Å². The highest BCUT2D eigenvalue weighted by atomic mass is 15.1. The summed E-state index contributed by atoms with van der Waals surface area (Å²) in [6.45, 7) is 4.20. The first-order valence-corrected chi connectivity index (χ1v) is 29.0. The molecule has 0 aliphatic heterocycles. The van der Waals surface area contributed by atoms with Crippen molar-refractivity contribution in [3.8, 4) is 67.0 Å².